The molecule has 1 fully saturated rings. The third-order valence-corrected chi connectivity index (χ3v) is 6.15. The molecule has 5 rings (SSSR count). The molecular formula is C22H17N5O3S. The Bertz CT molecular complexity index is 1360. The van der Waals surface area contributed by atoms with Crippen LogP contribution in [0.4, 0.5) is 5.13 Å². The molecule has 8 nitrogen and oxygen atoms in total. The first-order chi connectivity index (χ1) is 15.0. The molecule has 154 valence electrons. The van der Waals surface area contributed by atoms with Gasteiger partial charge < -0.3 is 9.51 Å². The SMILES string of the molecule is Cc1cccn2c(C)c(/C(O)=C3\C(=O)C(=O)N(c4nccs4)C3c3cccnc3)nc12. The lowest BCUT2D eigenvalue weighted by Crippen LogP contribution is -2.29. The van der Waals surface area contributed by atoms with E-state index >= 15 is 0 Å². The van der Waals surface area contributed by atoms with Crippen LogP contribution in [0.25, 0.3) is 11.4 Å². The topological polar surface area (TPSA) is 101 Å². The summed E-state index contributed by atoms with van der Waals surface area (Å²) in [7, 11) is 0. The van der Waals surface area contributed by atoms with Crippen LogP contribution >= 0.6 is 11.3 Å². The molecule has 9 heteroatoms. The van der Waals surface area contributed by atoms with E-state index in [-0.39, 0.29) is 17.0 Å². The van der Waals surface area contributed by atoms with Crippen LogP contribution in [0.1, 0.15) is 28.6 Å². The van der Waals surface area contributed by atoms with Gasteiger partial charge in [-0.05, 0) is 37.1 Å². The van der Waals surface area contributed by atoms with E-state index < -0.39 is 17.7 Å². The van der Waals surface area contributed by atoms with Crippen molar-refractivity contribution >= 4 is 39.6 Å². The Balaban J connectivity index is 1.77. The predicted molar refractivity (Wildman–Crippen MR) is 116 cm³/mol. The number of pyridine rings is 2. The van der Waals surface area contributed by atoms with Gasteiger partial charge in [0, 0.05) is 30.2 Å². The van der Waals surface area contributed by atoms with Gasteiger partial charge in [-0.3, -0.25) is 19.5 Å². The normalized spacial score (nSPS) is 18.3. The molecule has 1 saturated heterocycles. The number of aliphatic hydroxyl groups excluding tert-OH is 1. The molecule has 0 aliphatic carbocycles. The summed E-state index contributed by atoms with van der Waals surface area (Å²) in [6.45, 7) is 3.73. The fourth-order valence-electron chi connectivity index (χ4n) is 3.89. The van der Waals surface area contributed by atoms with Crippen LogP contribution in [-0.2, 0) is 9.59 Å². The summed E-state index contributed by atoms with van der Waals surface area (Å²) in [5.41, 5.74) is 3.10. The number of imidazole rings is 1. The number of ketones is 1. The van der Waals surface area contributed by atoms with Gasteiger partial charge in [0.25, 0.3) is 5.78 Å². The Morgan fingerprint density at radius 2 is 2.00 bits per heavy atom. The number of aromatic nitrogens is 4. The fourth-order valence-corrected chi connectivity index (χ4v) is 4.56. The molecule has 0 radical (unpaired) electrons. The summed E-state index contributed by atoms with van der Waals surface area (Å²) in [6.07, 6.45) is 6.59. The molecule has 0 aromatic carbocycles. The Labute approximate surface area is 181 Å². The summed E-state index contributed by atoms with van der Waals surface area (Å²) >= 11 is 1.24. The molecule has 31 heavy (non-hydrogen) atoms. The Hall–Kier alpha value is -3.85. The average Bonchev–Trinajstić information content (AvgIpc) is 3.48. The van der Waals surface area contributed by atoms with Crippen LogP contribution in [-0.4, -0.2) is 36.1 Å². The van der Waals surface area contributed by atoms with Crippen molar-refractivity contribution in [2.45, 2.75) is 19.9 Å². The quantitative estimate of drug-likeness (QED) is 0.303. The summed E-state index contributed by atoms with van der Waals surface area (Å²) in [5.74, 6) is -1.84. The largest absolute Gasteiger partial charge is 0.505 e. The summed E-state index contributed by atoms with van der Waals surface area (Å²) in [6, 6.07) is 6.43. The molecule has 0 bridgehead atoms. The molecule has 5 heterocycles. The number of fused-ring (bicyclic) bond motifs is 1. The van der Waals surface area contributed by atoms with E-state index in [1.165, 1.54) is 16.2 Å². The van der Waals surface area contributed by atoms with Gasteiger partial charge in [0.1, 0.15) is 11.3 Å². The second-order valence-electron chi connectivity index (χ2n) is 7.20. The molecule has 0 spiro atoms. The molecule has 4 aromatic heterocycles. The van der Waals surface area contributed by atoms with Crippen LogP contribution in [0.3, 0.4) is 0 Å². The molecule has 1 unspecified atom stereocenters. The fraction of sp³-hybridized carbons (Fsp3) is 0.136. The van der Waals surface area contributed by atoms with Crippen molar-refractivity contribution < 1.29 is 14.7 Å². The number of Topliss-reactive ketones (excluding diaryl/α,β-unsaturated/α-hetero) is 1. The third-order valence-electron chi connectivity index (χ3n) is 5.38. The second kappa shape index (κ2) is 7.13. The maximum atomic E-state index is 13.1. The summed E-state index contributed by atoms with van der Waals surface area (Å²) in [4.78, 5) is 40.4. The number of rotatable bonds is 3. The average molecular weight is 431 g/mol. The number of aliphatic hydroxyl groups is 1. The molecular weight excluding hydrogens is 414 g/mol. The van der Waals surface area contributed by atoms with Crippen LogP contribution in [0.2, 0.25) is 0 Å². The second-order valence-corrected chi connectivity index (χ2v) is 8.07. The van der Waals surface area contributed by atoms with Crippen molar-refractivity contribution in [3.63, 3.8) is 0 Å². The van der Waals surface area contributed by atoms with E-state index in [1.807, 2.05) is 36.6 Å². The molecule has 1 aliphatic rings. The van der Waals surface area contributed by atoms with Gasteiger partial charge in [-0.2, -0.15) is 0 Å². The number of nitrogens with zero attached hydrogens (tertiary/aromatic N) is 5. The van der Waals surface area contributed by atoms with Gasteiger partial charge in [-0.25, -0.2) is 9.97 Å². The van der Waals surface area contributed by atoms with E-state index in [2.05, 4.69) is 15.0 Å². The maximum absolute atomic E-state index is 13.1. The van der Waals surface area contributed by atoms with Crippen molar-refractivity contribution in [3.05, 3.63) is 82.5 Å². The number of thiazole rings is 1. The Kier molecular flexibility index (Phi) is 4.40. The summed E-state index contributed by atoms with van der Waals surface area (Å²) < 4.78 is 1.85. The zero-order chi connectivity index (χ0) is 21.7. The van der Waals surface area contributed by atoms with Crippen molar-refractivity contribution in [2.24, 2.45) is 0 Å². The highest BCUT2D eigenvalue weighted by Crippen LogP contribution is 2.42. The van der Waals surface area contributed by atoms with E-state index in [4.69, 9.17) is 0 Å². The van der Waals surface area contributed by atoms with E-state index in [0.717, 1.165) is 5.56 Å². The van der Waals surface area contributed by atoms with Crippen molar-refractivity contribution in [3.8, 4) is 0 Å². The van der Waals surface area contributed by atoms with Crippen LogP contribution < -0.4 is 4.90 Å². The van der Waals surface area contributed by atoms with Gasteiger partial charge in [0.05, 0.1) is 17.3 Å². The first kappa shape index (κ1) is 19.1. The van der Waals surface area contributed by atoms with E-state index in [9.17, 15) is 14.7 Å². The van der Waals surface area contributed by atoms with Gasteiger partial charge in [0.15, 0.2) is 10.9 Å². The van der Waals surface area contributed by atoms with Gasteiger partial charge >= 0.3 is 5.91 Å². The first-order valence-corrected chi connectivity index (χ1v) is 10.4. The summed E-state index contributed by atoms with van der Waals surface area (Å²) in [5, 5.41) is 13.4. The lowest BCUT2D eigenvalue weighted by molar-refractivity contribution is -0.132. The van der Waals surface area contributed by atoms with Crippen molar-refractivity contribution in [2.75, 3.05) is 4.90 Å². The highest BCUT2D eigenvalue weighted by molar-refractivity contribution is 7.14. The number of carbonyl (C=O) groups is 2. The highest BCUT2D eigenvalue weighted by atomic mass is 32.1. The lowest BCUT2D eigenvalue weighted by atomic mass is 9.97. The molecule has 0 saturated carbocycles. The van der Waals surface area contributed by atoms with Crippen molar-refractivity contribution in [1.82, 2.24) is 19.4 Å². The Morgan fingerprint density at radius 1 is 1.16 bits per heavy atom. The minimum atomic E-state index is -0.856. The molecule has 1 aliphatic heterocycles. The molecule has 1 atom stereocenters. The minimum absolute atomic E-state index is 0.0302. The first-order valence-electron chi connectivity index (χ1n) is 9.54. The van der Waals surface area contributed by atoms with Gasteiger partial charge in [-0.15, -0.1) is 11.3 Å². The lowest BCUT2D eigenvalue weighted by Gasteiger charge is -2.22. The Morgan fingerprint density at radius 3 is 2.68 bits per heavy atom. The molecule has 4 aromatic rings. The standard InChI is InChI=1S/C22H17N5O3S/c1-12-5-4-9-26-13(2)16(25-20(12)26)18(28)15-17(14-6-3-7-23-11-14)27(21(30)19(15)29)22-24-8-10-31-22/h3-11,17,28H,1-2H3/b18-15+. The van der Waals surface area contributed by atoms with E-state index in [0.29, 0.717) is 22.0 Å². The highest BCUT2D eigenvalue weighted by Gasteiger charge is 2.48. The van der Waals surface area contributed by atoms with Gasteiger partial charge in [0.2, 0.25) is 0 Å². The number of anilines is 1. The predicted octanol–water partition coefficient (Wildman–Crippen LogP) is 3.43. The van der Waals surface area contributed by atoms with Crippen LogP contribution in [0, 0.1) is 13.8 Å². The third kappa shape index (κ3) is 2.85. The number of amides is 1. The van der Waals surface area contributed by atoms with Crippen LogP contribution in [0.15, 0.2) is 60.0 Å². The zero-order valence-corrected chi connectivity index (χ0v) is 17.5. The van der Waals surface area contributed by atoms with E-state index in [1.54, 1.807) is 36.1 Å². The van der Waals surface area contributed by atoms with Crippen LogP contribution in [0.5, 0.6) is 0 Å². The smallest absolute Gasteiger partial charge is 0.301 e. The van der Waals surface area contributed by atoms with Gasteiger partial charge in [-0.1, -0.05) is 12.1 Å². The number of aryl methyl sites for hydroxylation is 2. The van der Waals surface area contributed by atoms with Crippen molar-refractivity contribution in [1.29, 1.82) is 0 Å². The minimum Gasteiger partial charge on any atom is -0.505 e. The number of carbonyl (C=O) groups excluding carboxylic acids is 2. The molecule has 1 N–H and O–H groups in total. The number of hydrogen-bond donors (Lipinski definition) is 1. The molecule has 1 amide bonds. The zero-order valence-electron chi connectivity index (χ0n) is 16.7. The number of hydrogen-bond acceptors (Lipinski definition) is 7. The monoisotopic (exact) mass is 431 g/mol. The maximum Gasteiger partial charge on any atom is 0.301 e.